The largest absolute Gasteiger partial charge is 0.355 e. The van der Waals surface area contributed by atoms with Crippen LogP contribution in [0.4, 0.5) is 5.82 Å². The van der Waals surface area contributed by atoms with Crippen molar-refractivity contribution in [1.29, 1.82) is 0 Å². The summed E-state index contributed by atoms with van der Waals surface area (Å²) in [4.78, 5) is 28.7. The predicted octanol–water partition coefficient (Wildman–Crippen LogP) is 1.78. The molecule has 0 N–H and O–H groups in total. The molecule has 3 aliphatic rings. The van der Waals surface area contributed by atoms with E-state index in [1.54, 1.807) is 12.4 Å². The Morgan fingerprint density at radius 2 is 1.76 bits per heavy atom. The highest BCUT2D eigenvalue weighted by Crippen LogP contribution is 2.32. The van der Waals surface area contributed by atoms with E-state index in [0.29, 0.717) is 18.0 Å². The molecule has 0 bridgehead atoms. The van der Waals surface area contributed by atoms with E-state index in [1.807, 2.05) is 6.20 Å². The zero-order valence-corrected chi connectivity index (χ0v) is 15.2. The number of hydrogen-bond acceptors (Lipinski definition) is 5. The zero-order valence-electron chi connectivity index (χ0n) is 15.2. The molecule has 0 unspecified atom stereocenters. The Bertz CT molecular complexity index is 587. The minimum absolute atomic E-state index is 0.181. The topological polar surface area (TPSA) is 52.6 Å². The van der Waals surface area contributed by atoms with Crippen LogP contribution in [0.1, 0.15) is 38.5 Å². The van der Waals surface area contributed by atoms with Crippen molar-refractivity contribution in [3.05, 3.63) is 18.6 Å². The Morgan fingerprint density at radius 3 is 2.44 bits per heavy atom. The first-order chi connectivity index (χ1) is 12.2. The number of anilines is 1. The van der Waals surface area contributed by atoms with Crippen molar-refractivity contribution in [1.82, 2.24) is 19.8 Å². The SMILES string of the molecule is CN1CCC[C@H]1[C@H]1CCCN1C(=O)C1CCN(c2cnccn2)CC1. The molecule has 0 aromatic carbocycles. The van der Waals surface area contributed by atoms with Gasteiger partial charge in [0, 0.05) is 50.0 Å². The van der Waals surface area contributed by atoms with Gasteiger partial charge < -0.3 is 14.7 Å². The van der Waals surface area contributed by atoms with Gasteiger partial charge in [-0.1, -0.05) is 0 Å². The third kappa shape index (κ3) is 3.36. The molecule has 6 heteroatoms. The summed E-state index contributed by atoms with van der Waals surface area (Å²) in [5.74, 6) is 1.52. The van der Waals surface area contributed by atoms with Gasteiger partial charge in [0.2, 0.25) is 5.91 Å². The first-order valence-corrected chi connectivity index (χ1v) is 9.76. The number of hydrogen-bond donors (Lipinski definition) is 0. The fourth-order valence-corrected chi connectivity index (χ4v) is 4.93. The van der Waals surface area contributed by atoms with Crippen molar-refractivity contribution in [2.24, 2.45) is 5.92 Å². The smallest absolute Gasteiger partial charge is 0.226 e. The lowest BCUT2D eigenvalue weighted by Crippen LogP contribution is -2.50. The van der Waals surface area contributed by atoms with Gasteiger partial charge in [-0.05, 0) is 52.1 Å². The van der Waals surface area contributed by atoms with Crippen molar-refractivity contribution in [2.75, 3.05) is 38.1 Å². The molecule has 2 atom stereocenters. The summed E-state index contributed by atoms with van der Waals surface area (Å²) in [7, 11) is 2.22. The Balaban J connectivity index is 1.37. The number of aromatic nitrogens is 2. The summed E-state index contributed by atoms with van der Waals surface area (Å²) in [5, 5.41) is 0. The molecule has 1 aromatic rings. The molecule has 136 valence electrons. The molecule has 25 heavy (non-hydrogen) atoms. The van der Waals surface area contributed by atoms with Crippen LogP contribution in [0, 0.1) is 5.92 Å². The Hall–Kier alpha value is -1.69. The van der Waals surface area contributed by atoms with Gasteiger partial charge in [-0.2, -0.15) is 0 Å². The minimum atomic E-state index is 0.181. The molecule has 1 aromatic heterocycles. The molecular formula is C19H29N5O. The van der Waals surface area contributed by atoms with Gasteiger partial charge in [-0.3, -0.25) is 9.78 Å². The standard InChI is InChI=1S/C19H29N5O/c1-22-10-2-4-16(22)17-5-3-11-24(17)19(25)15-6-12-23(13-7-15)18-14-20-8-9-21-18/h8-9,14-17H,2-7,10-13H2,1H3/t16-,17+/m0/s1. The monoisotopic (exact) mass is 343 g/mol. The molecule has 1 amide bonds. The lowest BCUT2D eigenvalue weighted by molar-refractivity contribution is -0.138. The van der Waals surface area contributed by atoms with Crippen LogP contribution in [-0.4, -0.2) is 71.0 Å². The molecule has 0 saturated carbocycles. The number of rotatable bonds is 3. The maximum atomic E-state index is 13.2. The molecule has 3 aliphatic heterocycles. The van der Waals surface area contributed by atoms with E-state index < -0.39 is 0 Å². The van der Waals surface area contributed by atoms with Gasteiger partial charge in [-0.15, -0.1) is 0 Å². The molecule has 3 fully saturated rings. The minimum Gasteiger partial charge on any atom is -0.355 e. The van der Waals surface area contributed by atoms with E-state index in [-0.39, 0.29) is 5.92 Å². The van der Waals surface area contributed by atoms with Gasteiger partial charge in [0.25, 0.3) is 0 Å². The summed E-state index contributed by atoms with van der Waals surface area (Å²) in [5.41, 5.74) is 0. The molecule has 0 radical (unpaired) electrons. The lowest BCUT2D eigenvalue weighted by Gasteiger charge is -2.38. The van der Waals surface area contributed by atoms with Crippen LogP contribution in [-0.2, 0) is 4.79 Å². The number of nitrogens with zero attached hydrogens (tertiary/aromatic N) is 5. The van der Waals surface area contributed by atoms with Gasteiger partial charge in [0.05, 0.1) is 6.20 Å². The summed E-state index contributed by atoms with van der Waals surface area (Å²) < 4.78 is 0. The Morgan fingerprint density at radius 1 is 1.00 bits per heavy atom. The lowest BCUT2D eigenvalue weighted by atomic mass is 9.94. The van der Waals surface area contributed by atoms with Gasteiger partial charge in [-0.25, -0.2) is 4.98 Å². The normalized spacial score (nSPS) is 28.7. The second-order valence-corrected chi connectivity index (χ2v) is 7.76. The molecule has 6 nitrogen and oxygen atoms in total. The summed E-state index contributed by atoms with van der Waals surface area (Å²) in [6, 6.07) is 1.02. The highest BCUT2D eigenvalue weighted by Gasteiger charge is 2.40. The van der Waals surface area contributed by atoms with E-state index in [9.17, 15) is 4.79 Å². The number of piperidine rings is 1. The molecule has 4 heterocycles. The number of carbonyl (C=O) groups excluding carboxylic acids is 1. The molecule has 0 aliphatic carbocycles. The molecular weight excluding hydrogens is 314 g/mol. The van der Waals surface area contributed by atoms with Crippen LogP contribution in [0.2, 0.25) is 0 Å². The highest BCUT2D eigenvalue weighted by molar-refractivity contribution is 5.80. The fourth-order valence-electron chi connectivity index (χ4n) is 4.93. The van der Waals surface area contributed by atoms with Crippen LogP contribution >= 0.6 is 0 Å². The van der Waals surface area contributed by atoms with Crippen LogP contribution in [0.15, 0.2) is 18.6 Å². The number of likely N-dealkylation sites (tertiary alicyclic amines) is 2. The summed E-state index contributed by atoms with van der Waals surface area (Å²) in [6.07, 6.45) is 12.0. The van der Waals surface area contributed by atoms with Crippen molar-refractivity contribution in [3.63, 3.8) is 0 Å². The average molecular weight is 343 g/mol. The maximum absolute atomic E-state index is 13.2. The van der Waals surface area contributed by atoms with Crippen molar-refractivity contribution >= 4 is 11.7 Å². The van der Waals surface area contributed by atoms with Gasteiger partial charge >= 0.3 is 0 Å². The third-order valence-electron chi connectivity index (χ3n) is 6.32. The maximum Gasteiger partial charge on any atom is 0.226 e. The Labute approximate surface area is 150 Å². The first-order valence-electron chi connectivity index (χ1n) is 9.76. The molecule has 3 saturated heterocycles. The van der Waals surface area contributed by atoms with Crippen molar-refractivity contribution < 1.29 is 4.79 Å². The second kappa shape index (κ2) is 7.28. The van der Waals surface area contributed by atoms with E-state index in [2.05, 4.69) is 31.7 Å². The Kier molecular flexibility index (Phi) is 4.88. The van der Waals surface area contributed by atoms with Gasteiger partial charge in [0.1, 0.15) is 5.82 Å². The highest BCUT2D eigenvalue weighted by atomic mass is 16.2. The summed E-state index contributed by atoms with van der Waals surface area (Å²) in [6.45, 7) is 3.94. The summed E-state index contributed by atoms with van der Waals surface area (Å²) >= 11 is 0. The molecule has 4 rings (SSSR count). The van der Waals surface area contributed by atoms with E-state index in [4.69, 9.17) is 0 Å². The third-order valence-corrected chi connectivity index (χ3v) is 6.32. The van der Waals surface area contributed by atoms with E-state index >= 15 is 0 Å². The van der Waals surface area contributed by atoms with Crippen molar-refractivity contribution in [2.45, 2.75) is 50.6 Å². The van der Waals surface area contributed by atoms with Crippen LogP contribution in [0.3, 0.4) is 0 Å². The van der Waals surface area contributed by atoms with Crippen molar-refractivity contribution in [3.8, 4) is 0 Å². The zero-order chi connectivity index (χ0) is 17.2. The second-order valence-electron chi connectivity index (χ2n) is 7.76. The van der Waals surface area contributed by atoms with Crippen LogP contribution in [0.25, 0.3) is 0 Å². The van der Waals surface area contributed by atoms with Crippen LogP contribution < -0.4 is 4.90 Å². The van der Waals surface area contributed by atoms with E-state index in [1.165, 1.54) is 32.2 Å². The predicted molar refractivity (Wildman–Crippen MR) is 97.4 cm³/mol. The fraction of sp³-hybridized carbons (Fsp3) is 0.737. The number of carbonyl (C=O) groups is 1. The quantitative estimate of drug-likeness (QED) is 0.837. The van der Waals surface area contributed by atoms with Gasteiger partial charge in [0.15, 0.2) is 0 Å². The average Bonchev–Trinajstić information content (AvgIpc) is 3.30. The number of likely N-dealkylation sites (N-methyl/N-ethyl adjacent to an activating group) is 1. The molecule has 0 spiro atoms. The first kappa shape index (κ1) is 16.8. The van der Waals surface area contributed by atoms with Crippen LogP contribution in [0.5, 0.6) is 0 Å². The van der Waals surface area contributed by atoms with E-state index in [0.717, 1.165) is 38.3 Å². The number of amides is 1.